The molecule has 0 saturated carbocycles. The highest BCUT2D eigenvalue weighted by atomic mass is 32.1. The maximum Gasteiger partial charge on any atom is 0.306 e. The lowest BCUT2D eigenvalue weighted by molar-refractivity contribution is -0.143. The van der Waals surface area contributed by atoms with Crippen molar-refractivity contribution in [2.45, 2.75) is 32.6 Å². The van der Waals surface area contributed by atoms with Crippen LogP contribution in [0.4, 0.5) is 9.52 Å². The summed E-state index contributed by atoms with van der Waals surface area (Å²) in [5.41, 5.74) is 0.865. The Morgan fingerprint density at radius 1 is 1.14 bits per heavy atom. The first-order valence-electron chi connectivity index (χ1n) is 12.5. The number of piperidine rings is 1. The first-order valence-corrected chi connectivity index (χ1v) is 13.4. The number of benzene rings is 2. The van der Waals surface area contributed by atoms with Crippen molar-refractivity contribution in [3.63, 3.8) is 0 Å². The third kappa shape index (κ3) is 6.90. The Balaban J connectivity index is 1.36. The van der Waals surface area contributed by atoms with Gasteiger partial charge in [0.05, 0.1) is 11.5 Å². The monoisotopic (exact) mass is 526 g/mol. The number of anilines is 1. The summed E-state index contributed by atoms with van der Waals surface area (Å²) in [7, 11) is 0. The van der Waals surface area contributed by atoms with Gasteiger partial charge in [-0.05, 0) is 68.8 Å². The summed E-state index contributed by atoms with van der Waals surface area (Å²) in [5, 5.41) is 18.7. The predicted octanol–water partition coefficient (Wildman–Crippen LogP) is 4.97. The van der Waals surface area contributed by atoms with Crippen LogP contribution in [-0.4, -0.2) is 64.9 Å². The van der Waals surface area contributed by atoms with E-state index in [9.17, 15) is 14.0 Å². The summed E-state index contributed by atoms with van der Waals surface area (Å²) in [5.74, 6) is -1.19. The van der Waals surface area contributed by atoms with E-state index in [4.69, 9.17) is 9.84 Å². The average molecular weight is 527 g/mol. The van der Waals surface area contributed by atoms with Gasteiger partial charge in [-0.2, -0.15) is 0 Å². The smallest absolute Gasteiger partial charge is 0.306 e. The molecule has 0 spiro atoms. The van der Waals surface area contributed by atoms with E-state index in [1.165, 1.54) is 28.4 Å². The number of carbonyl (C=O) groups is 2. The number of nitrogens with zero attached hydrogens (tertiary/aromatic N) is 4. The molecule has 1 fully saturated rings. The second-order valence-corrected chi connectivity index (χ2v) is 9.96. The maximum absolute atomic E-state index is 14.3. The number of halogens is 1. The number of likely N-dealkylation sites (tertiary alicyclic amines) is 1. The average Bonchev–Trinajstić information content (AvgIpc) is 3.40. The lowest BCUT2D eigenvalue weighted by Crippen LogP contribution is -2.38. The second kappa shape index (κ2) is 12.7. The number of rotatable bonds is 11. The van der Waals surface area contributed by atoms with E-state index in [0.717, 1.165) is 43.8 Å². The van der Waals surface area contributed by atoms with Gasteiger partial charge in [0.15, 0.2) is 0 Å². The van der Waals surface area contributed by atoms with Crippen LogP contribution in [0.2, 0.25) is 0 Å². The fourth-order valence-corrected chi connectivity index (χ4v) is 5.09. The van der Waals surface area contributed by atoms with Gasteiger partial charge >= 0.3 is 5.97 Å². The van der Waals surface area contributed by atoms with E-state index in [2.05, 4.69) is 15.1 Å². The molecular weight excluding hydrogens is 495 g/mol. The fourth-order valence-electron chi connectivity index (χ4n) is 4.21. The standard InChI is InChI=1S/C27H31FN4O4S/c1-2-3-14-32(25(33)22-6-4-5-7-23(22)28)27-30-29-24(37-27)19-8-10-21(11-9-19)36-18-17-31-15-12-20(13-16-31)26(34)35/h4-11,20H,2-3,12-18H2,1H3,(H,34,35). The van der Waals surface area contributed by atoms with Gasteiger partial charge in [-0.25, -0.2) is 4.39 Å². The minimum absolute atomic E-state index is 0.0168. The Hall–Kier alpha value is -3.37. The molecule has 0 radical (unpaired) electrons. The predicted molar refractivity (Wildman–Crippen MR) is 141 cm³/mol. The first kappa shape index (κ1) is 26.7. The molecule has 1 saturated heterocycles. The molecule has 0 atom stereocenters. The number of carboxylic acids is 1. The summed E-state index contributed by atoms with van der Waals surface area (Å²) < 4.78 is 20.1. The van der Waals surface area contributed by atoms with Gasteiger partial charge in [0, 0.05) is 18.7 Å². The van der Waals surface area contributed by atoms with E-state index < -0.39 is 17.7 Å². The number of aliphatic carboxylic acids is 1. The zero-order chi connectivity index (χ0) is 26.2. The van der Waals surface area contributed by atoms with Crippen LogP contribution < -0.4 is 9.64 Å². The van der Waals surface area contributed by atoms with E-state index >= 15 is 0 Å². The molecule has 1 aliphatic heterocycles. The lowest BCUT2D eigenvalue weighted by atomic mass is 9.97. The van der Waals surface area contributed by atoms with Crippen LogP contribution in [0, 0.1) is 11.7 Å². The van der Waals surface area contributed by atoms with Crippen molar-refractivity contribution in [3.05, 3.63) is 59.9 Å². The highest BCUT2D eigenvalue weighted by molar-refractivity contribution is 7.18. The van der Waals surface area contributed by atoms with Crippen molar-refractivity contribution >= 4 is 28.3 Å². The van der Waals surface area contributed by atoms with Crippen LogP contribution in [0.15, 0.2) is 48.5 Å². The Morgan fingerprint density at radius 2 is 1.86 bits per heavy atom. The number of carboxylic acid groups (broad SMARTS) is 1. The minimum atomic E-state index is -0.705. The van der Waals surface area contributed by atoms with Gasteiger partial charge in [0.25, 0.3) is 5.91 Å². The molecule has 2 heterocycles. The lowest BCUT2D eigenvalue weighted by Gasteiger charge is -2.29. The summed E-state index contributed by atoms with van der Waals surface area (Å²) in [6.45, 7) is 5.27. The van der Waals surface area contributed by atoms with E-state index in [1.807, 2.05) is 31.2 Å². The van der Waals surface area contributed by atoms with Crippen LogP contribution >= 0.6 is 11.3 Å². The SMILES string of the molecule is CCCCN(C(=O)c1ccccc1F)c1nnc(-c2ccc(OCCN3CCC(C(=O)O)CC3)cc2)s1. The van der Waals surface area contributed by atoms with Gasteiger partial charge in [-0.3, -0.25) is 19.4 Å². The topological polar surface area (TPSA) is 95.9 Å². The largest absolute Gasteiger partial charge is 0.492 e. The number of amides is 1. The highest BCUT2D eigenvalue weighted by Gasteiger charge is 2.25. The van der Waals surface area contributed by atoms with E-state index in [-0.39, 0.29) is 11.5 Å². The summed E-state index contributed by atoms with van der Waals surface area (Å²) in [6, 6.07) is 13.5. The summed E-state index contributed by atoms with van der Waals surface area (Å²) >= 11 is 1.29. The number of ether oxygens (including phenoxy) is 1. The van der Waals surface area contributed by atoms with Crippen LogP contribution in [0.1, 0.15) is 43.0 Å². The zero-order valence-corrected chi connectivity index (χ0v) is 21.6. The number of hydrogen-bond donors (Lipinski definition) is 1. The van der Waals surface area contributed by atoms with Crippen molar-refractivity contribution in [3.8, 4) is 16.3 Å². The molecule has 10 heteroatoms. The van der Waals surface area contributed by atoms with Crippen molar-refractivity contribution in [1.29, 1.82) is 0 Å². The summed E-state index contributed by atoms with van der Waals surface area (Å²) in [4.78, 5) is 27.9. The molecule has 1 aliphatic rings. The number of unbranched alkanes of at least 4 members (excludes halogenated alkanes) is 1. The van der Waals surface area contributed by atoms with Gasteiger partial charge in [0.2, 0.25) is 5.13 Å². The Morgan fingerprint density at radius 3 is 2.54 bits per heavy atom. The number of hydrogen-bond acceptors (Lipinski definition) is 7. The Bertz CT molecular complexity index is 1200. The summed E-state index contributed by atoms with van der Waals surface area (Å²) in [6.07, 6.45) is 3.00. The molecule has 0 unspecified atom stereocenters. The Labute approximate surface area is 219 Å². The molecule has 1 N–H and O–H groups in total. The van der Waals surface area contributed by atoms with Crippen LogP contribution in [-0.2, 0) is 4.79 Å². The molecule has 0 bridgehead atoms. The highest BCUT2D eigenvalue weighted by Crippen LogP contribution is 2.31. The number of aromatic nitrogens is 2. The first-order chi connectivity index (χ1) is 18.0. The van der Waals surface area contributed by atoms with Gasteiger partial charge < -0.3 is 9.84 Å². The van der Waals surface area contributed by atoms with Crippen molar-refractivity contribution in [1.82, 2.24) is 15.1 Å². The second-order valence-electron chi connectivity index (χ2n) is 9.01. The molecular formula is C27H31FN4O4S. The molecule has 196 valence electrons. The van der Waals surface area contributed by atoms with Crippen LogP contribution in [0.3, 0.4) is 0 Å². The normalized spacial score (nSPS) is 14.4. The fraction of sp³-hybridized carbons (Fsp3) is 0.407. The van der Waals surface area contributed by atoms with Crippen molar-refractivity contribution in [2.24, 2.45) is 5.92 Å². The van der Waals surface area contributed by atoms with Crippen LogP contribution in [0.5, 0.6) is 5.75 Å². The molecule has 37 heavy (non-hydrogen) atoms. The quantitative estimate of drug-likeness (QED) is 0.377. The molecule has 2 aromatic carbocycles. The molecule has 1 aromatic heterocycles. The van der Waals surface area contributed by atoms with Crippen LogP contribution in [0.25, 0.3) is 10.6 Å². The molecule has 3 aromatic rings. The number of carbonyl (C=O) groups excluding carboxylic acids is 1. The van der Waals surface area contributed by atoms with Gasteiger partial charge in [-0.1, -0.05) is 36.8 Å². The van der Waals surface area contributed by atoms with E-state index in [1.54, 1.807) is 12.1 Å². The maximum atomic E-state index is 14.3. The van der Waals surface area contributed by atoms with Gasteiger partial charge in [-0.15, -0.1) is 10.2 Å². The van der Waals surface area contributed by atoms with Crippen molar-refractivity contribution < 1.29 is 23.8 Å². The van der Waals surface area contributed by atoms with Crippen molar-refractivity contribution in [2.75, 3.05) is 37.7 Å². The van der Waals surface area contributed by atoms with Gasteiger partial charge in [0.1, 0.15) is 23.2 Å². The molecule has 1 amide bonds. The zero-order valence-electron chi connectivity index (χ0n) is 20.8. The van der Waals surface area contributed by atoms with E-state index in [0.29, 0.717) is 36.1 Å². The molecule has 0 aliphatic carbocycles. The minimum Gasteiger partial charge on any atom is -0.492 e. The molecule has 8 nitrogen and oxygen atoms in total. The Kier molecular flexibility index (Phi) is 9.19. The third-order valence-corrected chi connectivity index (χ3v) is 7.44. The molecule has 4 rings (SSSR count). The third-order valence-electron chi connectivity index (χ3n) is 6.44.